The molecule has 0 saturated carbocycles. The number of phenolic OH excluding ortho intramolecular Hbond substituents is 1. The second-order valence-electron chi connectivity index (χ2n) is 14.1. The largest absolute Gasteiger partial charge is 0.502 e. The highest BCUT2D eigenvalue weighted by Crippen LogP contribution is 2.27. The number of nitro benzene ring substituents is 1. The molecule has 0 spiro atoms. The van der Waals surface area contributed by atoms with Gasteiger partial charge in [0, 0.05) is 41.7 Å². The van der Waals surface area contributed by atoms with Crippen molar-refractivity contribution in [1.29, 1.82) is 0 Å². The van der Waals surface area contributed by atoms with Gasteiger partial charge in [0.1, 0.15) is 30.2 Å². The van der Waals surface area contributed by atoms with E-state index in [2.05, 4.69) is 31.6 Å². The molecule has 0 fully saturated rings. The van der Waals surface area contributed by atoms with Crippen molar-refractivity contribution in [3.8, 4) is 5.75 Å². The first-order chi connectivity index (χ1) is 29.2. The van der Waals surface area contributed by atoms with Crippen molar-refractivity contribution in [3.05, 3.63) is 99.7 Å². The number of nitrogen functional groups attached to an aromatic ring is 1. The van der Waals surface area contributed by atoms with Crippen LogP contribution in [-0.4, -0.2) is 104 Å². The summed E-state index contributed by atoms with van der Waals surface area (Å²) in [4.78, 5) is 118. The smallest absolute Gasteiger partial charge is 0.310 e. The van der Waals surface area contributed by atoms with Crippen LogP contribution in [0.1, 0.15) is 41.3 Å². The average Bonchev–Trinajstić information content (AvgIpc) is 3.61. The predicted molar refractivity (Wildman–Crippen MR) is 219 cm³/mol. The number of carbonyl (C=O) groups excluding carboxylic acids is 8. The first-order valence-electron chi connectivity index (χ1n) is 18.7. The van der Waals surface area contributed by atoms with E-state index in [0.717, 1.165) is 19.1 Å². The molecule has 0 aliphatic rings. The number of nitro groups is 1. The number of para-hydroxylation sites is 2. The molecule has 1 aromatic heterocycles. The number of primary amides is 3. The van der Waals surface area contributed by atoms with Crippen molar-refractivity contribution in [3.63, 3.8) is 0 Å². The highest BCUT2D eigenvalue weighted by atomic mass is 16.6. The maximum Gasteiger partial charge on any atom is 0.310 e. The Hall–Kier alpha value is -8.08. The minimum atomic E-state index is -1.89. The van der Waals surface area contributed by atoms with E-state index in [-0.39, 0.29) is 23.2 Å². The Balaban J connectivity index is 1.58. The number of benzene rings is 3. The van der Waals surface area contributed by atoms with Gasteiger partial charge in [-0.1, -0.05) is 36.4 Å². The van der Waals surface area contributed by atoms with Crippen LogP contribution in [0.5, 0.6) is 5.75 Å². The van der Waals surface area contributed by atoms with Gasteiger partial charge in [-0.3, -0.25) is 48.5 Å². The summed E-state index contributed by atoms with van der Waals surface area (Å²) in [7, 11) is 0. The van der Waals surface area contributed by atoms with E-state index in [1.165, 1.54) is 24.3 Å². The van der Waals surface area contributed by atoms with Crippen molar-refractivity contribution in [2.24, 2.45) is 17.2 Å². The Morgan fingerprint density at radius 2 is 1.29 bits per heavy atom. The minimum Gasteiger partial charge on any atom is -0.502 e. The molecule has 6 atom stereocenters. The summed E-state index contributed by atoms with van der Waals surface area (Å²) in [6, 6.07) is 7.49. The van der Waals surface area contributed by atoms with Gasteiger partial charge in [-0.05, 0) is 42.3 Å². The van der Waals surface area contributed by atoms with Gasteiger partial charge in [-0.15, -0.1) is 0 Å². The number of amides is 8. The van der Waals surface area contributed by atoms with Gasteiger partial charge in [0.15, 0.2) is 5.75 Å². The molecule has 1 heterocycles. The van der Waals surface area contributed by atoms with Crippen LogP contribution in [0.3, 0.4) is 0 Å². The number of rotatable bonds is 21. The number of nitrogens with zero attached hydrogens (tertiary/aromatic N) is 1. The third kappa shape index (κ3) is 12.5. The molecule has 0 aliphatic heterocycles. The van der Waals surface area contributed by atoms with Gasteiger partial charge in [0.2, 0.25) is 41.4 Å². The Morgan fingerprint density at radius 1 is 0.726 bits per heavy atom. The Labute approximate surface area is 351 Å². The summed E-state index contributed by atoms with van der Waals surface area (Å²) in [5.74, 6) is -9.28. The topological polar surface area (TPSA) is 400 Å². The van der Waals surface area contributed by atoms with Gasteiger partial charge in [-0.2, -0.15) is 0 Å². The number of hydrogen-bond donors (Lipinski definition) is 12. The van der Waals surface area contributed by atoms with Crippen LogP contribution in [0, 0.1) is 10.1 Å². The summed E-state index contributed by atoms with van der Waals surface area (Å²) in [6.45, 7) is 1.11. The molecule has 3 aromatic carbocycles. The lowest BCUT2D eigenvalue weighted by Crippen LogP contribution is -2.62. The number of anilines is 1. The average molecular weight is 860 g/mol. The number of nitrogens with one attached hydrogen (secondary N) is 6. The molecule has 0 aliphatic carbocycles. The number of fused-ring (bicyclic) bond motifs is 1. The fourth-order valence-electron chi connectivity index (χ4n) is 6.26. The van der Waals surface area contributed by atoms with Crippen LogP contribution in [0.2, 0.25) is 0 Å². The molecule has 23 nitrogen and oxygen atoms in total. The molecule has 62 heavy (non-hydrogen) atoms. The Bertz CT molecular complexity index is 2380. The van der Waals surface area contributed by atoms with Gasteiger partial charge in [-0.25, -0.2) is 0 Å². The quantitative estimate of drug-likeness (QED) is 0.0235. The lowest BCUT2D eigenvalue weighted by Gasteiger charge is -2.28. The summed E-state index contributed by atoms with van der Waals surface area (Å²) in [5, 5.41) is 44.1. The molecule has 0 saturated heterocycles. The van der Waals surface area contributed by atoms with Crippen LogP contribution in [0.15, 0.2) is 72.9 Å². The second kappa shape index (κ2) is 20.7. The molecule has 0 radical (unpaired) electrons. The Morgan fingerprint density at radius 3 is 1.89 bits per heavy atom. The summed E-state index contributed by atoms with van der Waals surface area (Å²) >= 11 is 0. The maximum atomic E-state index is 14.1. The van der Waals surface area contributed by atoms with E-state index >= 15 is 0 Å². The van der Waals surface area contributed by atoms with Gasteiger partial charge < -0.3 is 64.7 Å². The number of aliphatic hydroxyl groups excluding tert-OH is 1. The second-order valence-corrected chi connectivity index (χ2v) is 14.1. The summed E-state index contributed by atoms with van der Waals surface area (Å²) in [5.41, 5.74) is 22.7. The maximum absolute atomic E-state index is 14.1. The van der Waals surface area contributed by atoms with E-state index in [1.54, 1.807) is 36.5 Å². The number of aromatic nitrogens is 1. The normalized spacial score (nSPS) is 13.8. The standard InChI is InChI=1S/C39H45N11O12/c1-18(51)33(39(60)48-28(16-32(42)54)36(57)45-25(34(43)55)12-19-10-11-30(52)29(13-19)50(61)62)49-38(59)26(14-20-17-44-24-9-5-3-6-21(20)24)47-37(58)27(15-31(41)53)46-35(56)22-7-2-4-8-23(22)40/h2-11,13,17-18,25-28,33,44,51-52H,12,14-16,40H2,1H3,(H2,41,53)(H2,42,54)(H2,43,55)(H,45,57)(H,46,56)(H,47,58)(H,48,60)(H,49,59)/t18-,25+,26+,27+,28+,33+/m1/s1. The van der Waals surface area contributed by atoms with Gasteiger partial charge in [0.25, 0.3) is 5.91 Å². The first-order valence-corrected chi connectivity index (χ1v) is 18.7. The molecular formula is C39H45N11O12. The number of H-pyrrole nitrogens is 1. The molecule has 8 amide bonds. The molecule has 0 unspecified atom stereocenters. The lowest BCUT2D eigenvalue weighted by atomic mass is 10.0. The molecule has 4 aromatic rings. The molecule has 16 N–H and O–H groups in total. The monoisotopic (exact) mass is 859 g/mol. The number of nitrogens with two attached hydrogens (primary N) is 4. The SMILES string of the molecule is C[C@@H](O)[C@H](NC(=O)[C@H](Cc1c[nH]c2ccccc12)NC(=O)[C@H](CC(N)=O)NC(=O)c1ccccc1N)C(=O)N[C@@H](CC(N)=O)C(=O)N[C@@H](Cc1ccc(O)c([N+](=O)[O-])c1)C(N)=O. The summed E-state index contributed by atoms with van der Waals surface area (Å²) < 4.78 is 0. The predicted octanol–water partition coefficient (Wildman–Crippen LogP) is -2.50. The number of phenols is 1. The zero-order valence-electron chi connectivity index (χ0n) is 33.0. The third-order valence-corrected chi connectivity index (χ3v) is 9.40. The zero-order chi connectivity index (χ0) is 45.8. The highest BCUT2D eigenvalue weighted by Gasteiger charge is 2.35. The lowest BCUT2D eigenvalue weighted by molar-refractivity contribution is -0.385. The first kappa shape index (κ1) is 46.6. The number of carbonyl (C=O) groups is 8. The van der Waals surface area contributed by atoms with Crippen molar-refractivity contribution in [2.75, 3.05) is 5.73 Å². The fraction of sp³-hybridized carbons (Fsp3) is 0.282. The van der Waals surface area contributed by atoms with Crippen LogP contribution in [0.4, 0.5) is 11.4 Å². The van der Waals surface area contributed by atoms with Crippen LogP contribution >= 0.6 is 0 Å². The molecule has 328 valence electrons. The van der Waals surface area contributed by atoms with Crippen molar-refractivity contribution in [2.45, 2.75) is 68.9 Å². The Kier molecular flexibility index (Phi) is 15.6. The number of aliphatic hydroxyl groups is 1. The number of hydrogen-bond acceptors (Lipinski definition) is 13. The van der Waals surface area contributed by atoms with E-state index < -0.39 is 119 Å². The third-order valence-electron chi connectivity index (χ3n) is 9.40. The summed E-state index contributed by atoms with van der Waals surface area (Å²) in [6.07, 6.45) is -2.41. The van der Waals surface area contributed by atoms with Gasteiger partial charge in [0.05, 0.1) is 29.4 Å². The number of aromatic amines is 1. The molecule has 4 rings (SSSR count). The number of aromatic hydroxyl groups is 1. The zero-order valence-corrected chi connectivity index (χ0v) is 33.0. The molecule has 23 heteroatoms. The van der Waals surface area contributed by atoms with E-state index in [4.69, 9.17) is 22.9 Å². The highest BCUT2D eigenvalue weighted by molar-refractivity contribution is 6.03. The molecular weight excluding hydrogens is 814 g/mol. The van der Waals surface area contributed by atoms with Crippen LogP contribution in [-0.2, 0) is 46.4 Å². The minimum absolute atomic E-state index is 0.0225. The van der Waals surface area contributed by atoms with Crippen LogP contribution < -0.4 is 49.5 Å². The van der Waals surface area contributed by atoms with E-state index in [0.29, 0.717) is 16.5 Å². The van der Waals surface area contributed by atoms with E-state index in [9.17, 15) is 58.7 Å². The molecule has 0 bridgehead atoms. The van der Waals surface area contributed by atoms with Crippen LogP contribution in [0.25, 0.3) is 10.9 Å². The van der Waals surface area contributed by atoms with Crippen molar-refractivity contribution < 1.29 is 53.5 Å². The fourth-order valence-corrected chi connectivity index (χ4v) is 6.26. The van der Waals surface area contributed by atoms with Gasteiger partial charge >= 0.3 is 5.69 Å². The van der Waals surface area contributed by atoms with Crippen molar-refractivity contribution in [1.82, 2.24) is 31.6 Å². The van der Waals surface area contributed by atoms with Crippen molar-refractivity contribution >= 4 is 69.5 Å². The van der Waals surface area contributed by atoms with E-state index in [1.807, 2.05) is 0 Å².